The molecular weight excluding hydrogens is 330 g/mol. The minimum Gasteiger partial charge on any atom is -0.550 e. The van der Waals surface area contributed by atoms with E-state index in [-0.39, 0.29) is 24.9 Å². The van der Waals surface area contributed by atoms with Crippen LogP contribution in [0.25, 0.3) is 11.0 Å². The van der Waals surface area contributed by atoms with Crippen LogP contribution in [0.4, 0.5) is 0 Å². The predicted molar refractivity (Wildman–Crippen MR) is 86.7 cm³/mol. The van der Waals surface area contributed by atoms with Crippen molar-refractivity contribution in [2.24, 2.45) is 0 Å². The number of aryl methyl sites for hydroxylation is 1. The van der Waals surface area contributed by atoms with Gasteiger partial charge < -0.3 is 29.1 Å². The molecule has 0 unspecified atom stereocenters. The molecule has 0 spiro atoms. The Morgan fingerprint density at radius 1 is 1.20 bits per heavy atom. The van der Waals surface area contributed by atoms with E-state index < -0.39 is 17.5 Å². The highest BCUT2D eigenvalue weighted by atomic mass is 16.5. The molecule has 1 aromatic heterocycles. The summed E-state index contributed by atoms with van der Waals surface area (Å²) in [7, 11) is 2.96. The average molecular weight is 348 g/mol. The molecule has 2 rings (SSSR count). The largest absolute Gasteiger partial charge is 0.550 e. The second-order valence-corrected chi connectivity index (χ2v) is 5.35. The van der Waals surface area contributed by atoms with Crippen molar-refractivity contribution in [3.63, 3.8) is 0 Å². The van der Waals surface area contributed by atoms with Gasteiger partial charge in [0.2, 0.25) is 5.91 Å². The zero-order chi connectivity index (χ0) is 18.6. The van der Waals surface area contributed by atoms with E-state index in [1.807, 2.05) is 0 Å². The van der Waals surface area contributed by atoms with Crippen molar-refractivity contribution in [1.82, 2.24) is 5.32 Å². The molecule has 2 aromatic rings. The van der Waals surface area contributed by atoms with Crippen LogP contribution in [0.2, 0.25) is 0 Å². The number of carbonyl (C=O) groups is 2. The lowest BCUT2D eigenvalue weighted by Gasteiger charge is -2.12. The summed E-state index contributed by atoms with van der Waals surface area (Å²) in [6.45, 7) is 1.64. The molecule has 0 saturated carbocycles. The van der Waals surface area contributed by atoms with E-state index in [0.29, 0.717) is 28.0 Å². The molecule has 0 atom stereocenters. The van der Waals surface area contributed by atoms with E-state index in [2.05, 4.69) is 5.32 Å². The van der Waals surface area contributed by atoms with Crippen LogP contribution in [0, 0.1) is 6.92 Å². The molecule has 8 heteroatoms. The van der Waals surface area contributed by atoms with Crippen molar-refractivity contribution < 1.29 is 28.6 Å². The van der Waals surface area contributed by atoms with Crippen molar-refractivity contribution in [3.8, 4) is 11.5 Å². The number of fused-ring (bicyclic) bond motifs is 1. The third-order valence-corrected chi connectivity index (χ3v) is 3.78. The topological polar surface area (TPSA) is 118 Å². The van der Waals surface area contributed by atoms with Crippen molar-refractivity contribution in [1.29, 1.82) is 0 Å². The van der Waals surface area contributed by atoms with Gasteiger partial charge in [-0.3, -0.25) is 4.79 Å². The molecule has 1 aromatic carbocycles. The standard InChI is InChI=1S/C17H19NO7/c1-9-10-6-13(23-2)14(24-3)8-12(10)25-17(22)11(9)7-15(19)18-5-4-16(20)21/h6,8H,4-5,7H2,1-3H3,(H,18,19)(H,20,21)/p-1. The summed E-state index contributed by atoms with van der Waals surface area (Å²) >= 11 is 0. The number of carboxylic acids is 1. The first-order valence-corrected chi connectivity index (χ1v) is 7.52. The van der Waals surface area contributed by atoms with Gasteiger partial charge in [-0.15, -0.1) is 0 Å². The molecule has 0 aliphatic heterocycles. The summed E-state index contributed by atoms with van der Waals surface area (Å²) in [4.78, 5) is 34.5. The zero-order valence-electron chi connectivity index (χ0n) is 14.1. The van der Waals surface area contributed by atoms with E-state index in [0.717, 1.165) is 0 Å². The lowest BCUT2D eigenvalue weighted by atomic mass is 10.0. The summed E-state index contributed by atoms with van der Waals surface area (Å²) in [6.07, 6.45) is -0.514. The first-order chi connectivity index (χ1) is 11.9. The van der Waals surface area contributed by atoms with Crippen LogP contribution in [0.15, 0.2) is 21.3 Å². The average Bonchev–Trinajstić information content (AvgIpc) is 2.57. The lowest BCUT2D eigenvalue weighted by molar-refractivity contribution is -0.305. The number of hydrogen-bond donors (Lipinski definition) is 1. The highest BCUT2D eigenvalue weighted by Crippen LogP contribution is 2.33. The smallest absolute Gasteiger partial charge is 0.340 e. The summed E-state index contributed by atoms with van der Waals surface area (Å²) in [5.41, 5.74) is 0.474. The van der Waals surface area contributed by atoms with Gasteiger partial charge >= 0.3 is 5.63 Å². The van der Waals surface area contributed by atoms with Gasteiger partial charge in [0, 0.05) is 30.4 Å². The van der Waals surface area contributed by atoms with Gasteiger partial charge in [0.1, 0.15) is 5.58 Å². The Morgan fingerprint density at radius 3 is 2.44 bits per heavy atom. The highest BCUT2D eigenvalue weighted by Gasteiger charge is 2.17. The van der Waals surface area contributed by atoms with Gasteiger partial charge in [-0.05, 0) is 18.6 Å². The maximum Gasteiger partial charge on any atom is 0.340 e. The number of methoxy groups -OCH3 is 2. The molecule has 8 nitrogen and oxygen atoms in total. The molecular formula is C17H18NO7-. The Bertz CT molecular complexity index is 869. The highest BCUT2D eigenvalue weighted by molar-refractivity contribution is 5.87. The Morgan fingerprint density at radius 2 is 1.84 bits per heavy atom. The Hall–Kier alpha value is -3.03. The SMILES string of the molecule is COc1cc2oc(=O)c(CC(=O)NCCC(=O)[O-])c(C)c2cc1OC. The van der Waals surface area contributed by atoms with E-state index in [4.69, 9.17) is 13.9 Å². The minimum absolute atomic E-state index is 0.0653. The monoisotopic (exact) mass is 348 g/mol. The predicted octanol–water partition coefficient (Wildman–Crippen LogP) is -0.0827. The van der Waals surface area contributed by atoms with Crippen molar-refractivity contribution in [2.75, 3.05) is 20.8 Å². The molecule has 1 N–H and O–H groups in total. The fourth-order valence-corrected chi connectivity index (χ4v) is 2.45. The van der Waals surface area contributed by atoms with Crippen LogP contribution >= 0.6 is 0 Å². The molecule has 0 aliphatic carbocycles. The summed E-state index contributed by atoms with van der Waals surface area (Å²) < 4.78 is 15.7. The van der Waals surface area contributed by atoms with Crippen molar-refractivity contribution >= 4 is 22.8 Å². The number of ether oxygens (including phenoxy) is 2. The fraction of sp³-hybridized carbons (Fsp3) is 0.353. The molecule has 0 aliphatic rings. The van der Waals surface area contributed by atoms with Crippen molar-refractivity contribution in [3.05, 3.63) is 33.7 Å². The molecule has 25 heavy (non-hydrogen) atoms. The zero-order valence-corrected chi connectivity index (χ0v) is 14.1. The molecule has 1 heterocycles. The van der Waals surface area contributed by atoms with Crippen LogP contribution in [0.3, 0.4) is 0 Å². The fourth-order valence-electron chi connectivity index (χ4n) is 2.45. The normalized spacial score (nSPS) is 10.5. The maximum atomic E-state index is 12.2. The van der Waals surface area contributed by atoms with Crippen molar-refractivity contribution in [2.45, 2.75) is 19.8 Å². The van der Waals surface area contributed by atoms with Crippen LogP contribution in [0.1, 0.15) is 17.5 Å². The second kappa shape index (κ2) is 7.69. The molecule has 0 saturated heterocycles. The van der Waals surface area contributed by atoms with Gasteiger partial charge in [-0.1, -0.05) is 0 Å². The number of hydrogen-bond acceptors (Lipinski definition) is 7. The Labute approximate surface area is 143 Å². The molecule has 0 bridgehead atoms. The van der Waals surface area contributed by atoms with Gasteiger partial charge in [-0.25, -0.2) is 4.79 Å². The van der Waals surface area contributed by atoms with E-state index in [9.17, 15) is 19.5 Å². The van der Waals surface area contributed by atoms with Crippen LogP contribution in [0.5, 0.6) is 11.5 Å². The first kappa shape index (κ1) is 18.3. The third-order valence-electron chi connectivity index (χ3n) is 3.78. The van der Waals surface area contributed by atoms with E-state index >= 15 is 0 Å². The minimum atomic E-state index is -1.26. The quantitative estimate of drug-likeness (QED) is 0.695. The molecule has 0 fully saturated rings. The number of amides is 1. The van der Waals surface area contributed by atoms with Gasteiger partial charge in [-0.2, -0.15) is 0 Å². The number of carbonyl (C=O) groups excluding carboxylic acids is 2. The van der Waals surface area contributed by atoms with Crippen LogP contribution < -0.4 is 25.5 Å². The third kappa shape index (κ3) is 4.09. The van der Waals surface area contributed by atoms with Crippen LogP contribution in [-0.2, 0) is 16.0 Å². The molecule has 1 amide bonds. The molecule has 134 valence electrons. The van der Waals surface area contributed by atoms with E-state index in [1.165, 1.54) is 14.2 Å². The van der Waals surface area contributed by atoms with Gasteiger partial charge in [0.15, 0.2) is 11.5 Å². The first-order valence-electron chi connectivity index (χ1n) is 7.52. The Balaban J connectivity index is 2.36. The van der Waals surface area contributed by atoms with Gasteiger partial charge in [0.05, 0.1) is 26.2 Å². The summed E-state index contributed by atoms with van der Waals surface area (Å²) in [5, 5.41) is 13.4. The number of aliphatic carboxylic acids is 1. The molecule has 0 radical (unpaired) electrons. The van der Waals surface area contributed by atoms with Gasteiger partial charge in [0.25, 0.3) is 0 Å². The summed E-state index contributed by atoms with van der Waals surface area (Å²) in [5.74, 6) is -0.846. The number of rotatable bonds is 7. The summed E-state index contributed by atoms with van der Waals surface area (Å²) in [6, 6.07) is 3.22. The van der Waals surface area contributed by atoms with Crippen LogP contribution in [-0.4, -0.2) is 32.6 Å². The second-order valence-electron chi connectivity index (χ2n) is 5.35. The number of benzene rings is 1. The number of nitrogens with one attached hydrogen (secondary N) is 1. The Kier molecular flexibility index (Phi) is 5.63. The number of carboxylic acid groups (broad SMARTS) is 1. The lowest BCUT2D eigenvalue weighted by Crippen LogP contribution is -2.32. The van der Waals surface area contributed by atoms with E-state index in [1.54, 1.807) is 19.1 Å². The maximum absolute atomic E-state index is 12.2.